The second-order valence-electron chi connectivity index (χ2n) is 3.05. The van der Waals surface area contributed by atoms with Gasteiger partial charge in [-0.1, -0.05) is 0 Å². The number of thioether (sulfide) groups is 1. The summed E-state index contributed by atoms with van der Waals surface area (Å²) < 4.78 is 5.71. The Labute approximate surface area is 81.9 Å². The first-order valence-corrected chi connectivity index (χ1v) is 5.54. The van der Waals surface area contributed by atoms with Gasteiger partial charge >= 0.3 is 0 Å². The SMILES string of the molecule is Cc1nccnc1OC1CCSC1. The average Bonchev–Trinajstić information content (AvgIpc) is 2.61. The standard InChI is InChI=1S/C9H12N2OS/c1-7-9(11-4-3-10-7)12-8-2-5-13-6-8/h3-4,8H,2,5-6H2,1H3. The summed E-state index contributed by atoms with van der Waals surface area (Å²) in [4.78, 5) is 8.27. The van der Waals surface area contributed by atoms with Gasteiger partial charge in [0.25, 0.3) is 0 Å². The van der Waals surface area contributed by atoms with Crippen LogP contribution in [0.15, 0.2) is 12.4 Å². The molecule has 0 N–H and O–H groups in total. The van der Waals surface area contributed by atoms with E-state index in [2.05, 4.69) is 9.97 Å². The van der Waals surface area contributed by atoms with Gasteiger partial charge in [0, 0.05) is 18.1 Å². The van der Waals surface area contributed by atoms with Gasteiger partial charge in [-0.2, -0.15) is 11.8 Å². The molecule has 1 aromatic rings. The van der Waals surface area contributed by atoms with E-state index in [1.165, 1.54) is 5.75 Å². The van der Waals surface area contributed by atoms with Crippen LogP contribution in [-0.4, -0.2) is 27.6 Å². The van der Waals surface area contributed by atoms with E-state index < -0.39 is 0 Å². The maximum atomic E-state index is 5.71. The Morgan fingerprint density at radius 3 is 3.00 bits per heavy atom. The minimum absolute atomic E-state index is 0.334. The molecule has 13 heavy (non-hydrogen) atoms. The molecule has 2 rings (SSSR count). The molecular formula is C9H12N2OS. The predicted molar refractivity (Wildman–Crippen MR) is 53.1 cm³/mol. The zero-order valence-corrected chi connectivity index (χ0v) is 8.38. The van der Waals surface area contributed by atoms with Gasteiger partial charge in [0.15, 0.2) is 0 Å². The molecule has 70 valence electrons. The highest BCUT2D eigenvalue weighted by Gasteiger charge is 2.18. The van der Waals surface area contributed by atoms with Gasteiger partial charge < -0.3 is 4.74 Å². The van der Waals surface area contributed by atoms with Crippen molar-refractivity contribution in [3.63, 3.8) is 0 Å². The highest BCUT2D eigenvalue weighted by molar-refractivity contribution is 7.99. The van der Waals surface area contributed by atoms with Crippen LogP contribution >= 0.6 is 11.8 Å². The first kappa shape index (κ1) is 8.81. The summed E-state index contributed by atoms with van der Waals surface area (Å²) in [5.41, 5.74) is 0.874. The normalized spacial score (nSPS) is 21.8. The van der Waals surface area contributed by atoms with Gasteiger partial charge in [-0.25, -0.2) is 4.98 Å². The van der Waals surface area contributed by atoms with Crippen LogP contribution in [0.2, 0.25) is 0 Å². The second kappa shape index (κ2) is 3.96. The van der Waals surface area contributed by atoms with Crippen molar-refractivity contribution in [2.45, 2.75) is 19.4 Å². The maximum absolute atomic E-state index is 5.71. The van der Waals surface area contributed by atoms with Gasteiger partial charge in [0.1, 0.15) is 6.10 Å². The molecule has 0 amide bonds. The van der Waals surface area contributed by atoms with Gasteiger partial charge in [0.05, 0.1) is 5.69 Å². The number of aromatic nitrogens is 2. The summed E-state index contributed by atoms with van der Waals surface area (Å²) in [6.45, 7) is 1.92. The quantitative estimate of drug-likeness (QED) is 0.720. The van der Waals surface area contributed by atoms with E-state index in [9.17, 15) is 0 Å². The van der Waals surface area contributed by atoms with E-state index in [4.69, 9.17) is 4.74 Å². The van der Waals surface area contributed by atoms with E-state index >= 15 is 0 Å². The number of nitrogens with zero attached hydrogens (tertiary/aromatic N) is 2. The van der Waals surface area contributed by atoms with E-state index in [0.717, 1.165) is 17.9 Å². The summed E-state index contributed by atoms with van der Waals surface area (Å²) >= 11 is 1.93. The van der Waals surface area contributed by atoms with Crippen molar-refractivity contribution in [2.75, 3.05) is 11.5 Å². The highest BCUT2D eigenvalue weighted by atomic mass is 32.2. The van der Waals surface area contributed by atoms with Crippen LogP contribution in [0.4, 0.5) is 0 Å². The Balaban J connectivity index is 2.04. The third-order valence-electron chi connectivity index (χ3n) is 2.00. The second-order valence-corrected chi connectivity index (χ2v) is 4.20. The lowest BCUT2D eigenvalue weighted by Gasteiger charge is -2.11. The molecule has 0 radical (unpaired) electrons. The van der Waals surface area contributed by atoms with Crippen LogP contribution in [0.3, 0.4) is 0 Å². The Morgan fingerprint density at radius 2 is 2.31 bits per heavy atom. The minimum Gasteiger partial charge on any atom is -0.472 e. The largest absolute Gasteiger partial charge is 0.472 e. The van der Waals surface area contributed by atoms with Crippen LogP contribution in [0.1, 0.15) is 12.1 Å². The smallest absolute Gasteiger partial charge is 0.235 e. The van der Waals surface area contributed by atoms with E-state index in [-0.39, 0.29) is 0 Å². The summed E-state index contributed by atoms with van der Waals surface area (Å²) in [5.74, 6) is 2.97. The molecule has 3 nitrogen and oxygen atoms in total. The molecule has 0 aromatic carbocycles. The van der Waals surface area contributed by atoms with Crippen LogP contribution < -0.4 is 4.74 Å². The van der Waals surface area contributed by atoms with Crippen molar-refractivity contribution >= 4 is 11.8 Å². The van der Waals surface area contributed by atoms with Crippen molar-refractivity contribution in [3.05, 3.63) is 18.1 Å². The number of hydrogen-bond donors (Lipinski definition) is 0. The van der Waals surface area contributed by atoms with Crippen LogP contribution in [0.25, 0.3) is 0 Å². The Bertz CT molecular complexity index is 287. The third kappa shape index (κ3) is 2.12. The molecule has 1 aromatic heterocycles. The maximum Gasteiger partial charge on any atom is 0.235 e. The molecule has 0 aliphatic carbocycles. The van der Waals surface area contributed by atoms with Crippen molar-refractivity contribution in [1.82, 2.24) is 9.97 Å². The molecule has 1 fully saturated rings. The zero-order chi connectivity index (χ0) is 9.10. The number of rotatable bonds is 2. The summed E-state index contributed by atoms with van der Waals surface area (Å²) in [6, 6.07) is 0. The van der Waals surface area contributed by atoms with Crippen molar-refractivity contribution in [1.29, 1.82) is 0 Å². The molecule has 1 atom stereocenters. The lowest BCUT2D eigenvalue weighted by atomic mass is 10.3. The molecule has 1 unspecified atom stereocenters. The van der Waals surface area contributed by atoms with Gasteiger partial charge in [-0.15, -0.1) is 0 Å². The molecule has 1 saturated heterocycles. The Hall–Kier alpha value is -0.770. The summed E-state index contributed by atoms with van der Waals surface area (Å²) in [5, 5.41) is 0. The van der Waals surface area contributed by atoms with Crippen LogP contribution in [0, 0.1) is 6.92 Å². The van der Waals surface area contributed by atoms with Gasteiger partial charge in [-0.05, 0) is 19.1 Å². The first-order chi connectivity index (χ1) is 6.36. The van der Waals surface area contributed by atoms with Crippen molar-refractivity contribution in [3.8, 4) is 5.88 Å². The summed E-state index contributed by atoms with van der Waals surface area (Å²) in [6.07, 6.45) is 4.82. The fraction of sp³-hybridized carbons (Fsp3) is 0.556. The predicted octanol–water partition coefficient (Wildman–Crippen LogP) is 1.67. The topological polar surface area (TPSA) is 35.0 Å². The number of aryl methyl sites for hydroxylation is 1. The molecule has 1 aliphatic heterocycles. The molecule has 2 heterocycles. The van der Waals surface area contributed by atoms with Crippen molar-refractivity contribution < 1.29 is 4.74 Å². The van der Waals surface area contributed by atoms with Gasteiger partial charge in [0.2, 0.25) is 5.88 Å². The monoisotopic (exact) mass is 196 g/mol. The molecule has 1 aliphatic rings. The van der Waals surface area contributed by atoms with E-state index in [1.54, 1.807) is 12.4 Å². The average molecular weight is 196 g/mol. The fourth-order valence-corrected chi connectivity index (χ4v) is 2.37. The molecule has 0 bridgehead atoms. The number of hydrogen-bond acceptors (Lipinski definition) is 4. The van der Waals surface area contributed by atoms with Crippen molar-refractivity contribution in [2.24, 2.45) is 0 Å². The Kier molecular flexibility index (Phi) is 2.68. The third-order valence-corrected chi connectivity index (χ3v) is 3.13. The fourth-order valence-electron chi connectivity index (χ4n) is 1.27. The lowest BCUT2D eigenvalue weighted by Crippen LogP contribution is -2.16. The minimum atomic E-state index is 0.334. The highest BCUT2D eigenvalue weighted by Crippen LogP contribution is 2.22. The first-order valence-electron chi connectivity index (χ1n) is 4.38. The summed E-state index contributed by atoms with van der Waals surface area (Å²) in [7, 11) is 0. The molecule has 0 spiro atoms. The molecular weight excluding hydrogens is 184 g/mol. The zero-order valence-electron chi connectivity index (χ0n) is 7.56. The van der Waals surface area contributed by atoms with Crippen LogP contribution in [0.5, 0.6) is 5.88 Å². The lowest BCUT2D eigenvalue weighted by molar-refractivity contribution is 0.217. The van der Waals surface area contributed by atoms with E-state index in [1.807, 2.05) is 18.7 Å². The van der Waals surface area contributed by atoms with E-state index in [0.29, 0.717) is 12.0 Å². The number of ether oxygens (including phenoxy) is 1. The van der Waals surface area contributed by atoms with Gasteiger partial charge in [-0.3, -0.25) is 4.98 Å². The molecule has 4 heteroatoms. The molecule has 0 saturated carbocycles. The Morgan fingerprint density at radius 1 is 1.46 bits per heavy atom. The van der Waals surface area contributed by atoms with Crippen LogP contribution in [-0.2, 0) is 0 Å².